The maximum absolute atomic E-state index is 11.6. The first-order valence-corrected chi connectivity index (χ1v) is 6.37. The number of carbonyl (C=O) groups excluding carboxylic acids is 1. The summed E-state index contributed by atoms with van der Waals surface area (Å²) in [7, 11) is 0. The average Bonchev–Trinajstić information content (AvgIpc) is 2.77. The number of ether oxygens (including phenoxy) is 1. The Hall–Kier alpha value is -1.30. The van der Waals surface area contributed by atoms with Crippen LogP contribution in [0.5, 0.6) is 0 Å². The van der Waals surface area contributed by atoms with Gasteiger partial charge in [-0.25, -0.2) is 9.59 Å². The molecule has 1 aliphatic heterocycles. The van der Waals surface area contributed by atoms with Gasteiger partial charge in [0.1, 0.15) is 6.04 Å². The van der Waals surface area contributed by atoms with Crippen LogP contribution in [0.25, 0.3) is 0 Å². The third kappa shape index (κ3) is 5.35. The minimum Gasteiger partial charge on any atom is -0.480 e. The molecule has 0 aliphatic carbocycles. The predicted molar refractivity (Wildman–Crippen MR) is 66.4 cm³/mol. The lowest BCUT2D eigenvalue weighted by molar-refractivity contribution is -0.139. The van der Waals surface area contributed by atoms with Crippen molar-refractivity contribution in [2.45, 2.75) is 45.3 Å². The van der Waals surface area contributed by atoms with E-state index in [2.05, 4.69) is 10.6 Å². The predicted octanol–water partition coefficient (Wildman–Crippen LogP) is 0.964. The van der Waals surface area contributed by atoms with Crippen molar-refractivity contribution in [2.75, 3.05) is 13.2 Å². The number of hydrogen-bond donors (Lipinski definition) is 3. The molecule has 1 fully saturated rings. The lowest BCUT2D eigenvalue weighted by Gasteiger charge is -2.18. The van der Waals surface area contributed by atoms with E-state index in [-0.39, 0.29) is 12.0 Å². The quantitative estimate of drug-likeness (QED) is 0.662. The number of amides is 2. The summed E-state index contributed by atoms with van der Waals surface area (Å²) in [5.74, 6) is -0.791. The minimum atomic E-state index is -1.00. The largest absolute Gasteiger partial charge is 0.480 e. The SMILES string of the molecule is CC(C)C[C@H](NC(=O)NC[C@H]1CCCO1)C(=O)O. The van der Waals surface area contributed by atoms with Gasteiger partial charge in [-0.05, 0) is 25.2 Å². The number of aliphatic carboxylic acids is 1. The zero-order valence-corrected chi connectivity index (χ0v) is 10.9. The van der Waals surface area contributed by atoms with Gasteiger partial charge in [0, 0.05) is 13.2 Å². The van der Waals surface area contributed by atoms with E-state index in [4.69, 9.17) is 9.84 Å². The summed E-state index contributed by atoms with van der Waals surface area (Å²) < 4.78 is 5.36. The molecule has 18 heavy (non-hydrogen) atoms. The van der Waals surface area contributed by atoms with Crippen LogP contribution in [0.2, 0.25) is 0 Å². The van der Waals surface area contributed by atoms with Crippen molar-refractivity contribution >= 4 is 12.0 Å². The van der Waals surface area contributed by atoms with E-state index >= 15 is 0 Å². The van der Waals surface area contributed by atoms with Gasteiger partial charge in [0.2, 0.25) is 0 Å². The van der Waals surface area contributed by atoms with Gasteiger partial charge in [-0.3, -0.25) is 0 Å². The molecule has 0 radical (unpaired) electrons. The Balaban J connectivity index is 2.29. The molecule has 1 aliphatic rings. The van der Waals surface area contributed by atoms with Crippen LogP contribution >= 0.6 is 0 Å². The molecular formula is C12H22N2O4. The topological polar surface area (TPSA) is 87.7 Å². The normalized spacial score (nSPS) is 20.7. The molecule has 0 aromatic rings. The molecule has 1 heterocycles. The van der Waals surface area contributed by atoms with Gasteiger partial charge in [-0.15, -0.1) is 0 Å². The first-order valence-electron chi connectivity index (χ1n) is 6.37. The molecule has 0 saturated carbocycles. The molecule has 0 bridgehead atoms. The summed E-state index contributed by atoms with van der Waals surface area (Å²) in [4.78, 5) is 22.5. The van der Waals surface area contributed by atoms with Gasteiger partial charge in [0.25, 0.3) is 0 Å². The first kappa shape index (κ1) is 14.8. The van der Waals surface area contributed by atoms with Gasteiger partial charge < -0.3 is 20.5 Å². The van der Waals surface area contributed by atoms with Crippen LogP contribution in [0.3, 0.4) is 0 Å². The minimum absolute atomic E-state index is 0.0594. The molecule has 2 amide bonds. The molecular weight excluding hydrogens is 236 g/mol. The van der Waals surface area contributed by atoms with Gasteiger partial charge in [-0.1, -0.05) is 13.8 Å². The Morgan fingerprint density at radius 2 is 2.17 bits per heavy atom. The van der Waals surface area contributed by atoms with Crippen molar-refractivity contribution in [3.05, 3.63) is 0 Å². The second kappa shape index (κ2) is 7.20. The molecule has 6 nitrogen and oxygen atoms in total. The fourth-order valence-electron chi connectivity index (χ4n) is 1.91. The van der Waals surface area contributed by atoms with Crippen molar-refractivity contribution in [1.82, 2.24) is 10.6 Å². The van der Waals surface area contributed by atoms with Crippen LogP contribution in [0, 0.1) is 5.92 Å². The van der Waals surface area contributed by atoms with Gasteiger partial charge in [-0.2, -0.15) is 0 Å². The summed E-state index contributed by atoms with van der Waals surface area (Å²) >= 11 is 0. The molecule has 2 atom stereocenters. The highest BCUT2D eigenvalue weighted by atomic mass is 16.5. The van der Waals surface area contributed by atoms with E-state index in [1.54, 1.807) is 0 Å². The lowest BCUT2D eigenvalue weighted by atomic mass is 10.0. The van der Waals surface area contributed by atoms with E-state index < -0.39 is 18.0 Å². The van der Waals surface area contributed by atoms with Gasteiger partial charge in [0.15, 0.2) is 0 Å². The highest BCUT2D eigenvalue weighted by Crippen LogP contribution is 2.10. The van der Waals surface area contributed by atoms with Crippen molar-refractivity contribution in [3.63, 3.8) is 0 Å². The number of nitrogens with one attached hydrogen (secondary N) is 2. The summed E-state index contributed by atoms with van der Waals surface area (Å²) in [6.45, 7) is 5.00. The van der Waals surface area contributed by atoms with Gasteiger partial charge >= 0.3 is 12.0 Å². The number of urea groups is 1. The number of rotatable bonds is 6. The third-order valence-corrected chi connectivity index (χ3v) is 2.82. The summed E-state index contributed by atoms with van der Waals surface area (Å²) in [5.41, 5.74) is 0. The van der Waals surface area contributed by atoms with Crippen LogP contribution in [0.1, 0.15) is 33.1 Å². The molecule has 0 unspecified atom stereocenters. The maximum Gasteiger partial charge on any atom is 0.326 e. The first-order chi connectivity index (χ1) is 8.49. The summed E-state index contributed by atoms with van der Waals surface area (Å²) in [6, 6.07) is -1.28. The van der Waals surface area contributed by atoms with Crippen molar-refractivity contribution in [2.24, 2.45) is 5.92 Å². The molecule has 6 heteroatoms. The Labute approximate surface area is 107 Å². The molecule has 1 rings (SSSR count). The molecule has 3 N–H and O–H groups in total. The zero-order chi connectivity index (χ0) is 13.5. The monoisotopic (exact) mass is 258 g/mol. The Bertz CT molecular complexity index is 288. The lowest BCUT2D eigenvalue weighted by Crippen LogP contribution is -2.48. The maximum atomic E-state index is 11.6. The zero-order valence-electron chi connectivity index (χ0n) is 10.9. The van der Waals surface area contributed by atoms with E-state index in [1.165, 1.54) is 0 Å². The van der Waals surface area contributed by atoms with E-state index in [1.807, 2.05) is 13.8 Å². The van der Waals surface area contributed by atoms with Crippen LogP contribution in [0.15, 0.2) is 0 Å². The van der Waals surface area contributed by atoms with Crippen molar-refractivity contribution in [1.29, 1.82) is 0 Å². The van der Waals surface area contributed by atoms with E-state index in [0.29, 0.717) is 13.0 Å². The van der Waals surface area contributed by atoms with E-state index in [9.17, 15) is 9.59 Å². The van der Waals surface area contributed by atoms with Crippen molar-refractivity contribution < 1.29 is 19.4 Å². The highest BCUT2D eigenvalue weighted by molar-refractivity contribution is 5.82. The molecule has 0 aromatic carbocycles. The smallest absolute Gasteiger partial charge is 0.326 e. The van der Waals surface area contributed by atoms with Crippen LogP contribution < -0.4 is 10.6 Å². The number of carbonyl (C=O) groups is 2. The Morgan fingerprint density at radius 1 is 1.44 bits per heavy atom. The fraction of sp³-hybridized carbons (Fsp3) is 0.833. The highest BCUT2D eigenvalue weighted by Gasteiger charge is 2.22. The van der Waals surface area contributed by atoms with Crippen molar-refractivity contribution in [3.8, 4) is 0 Å². The fourth-order valence-corrected chi connectivity index (χ4v) is 1.91. The molecule has 0 spiro atoms. The van der Waals surface area contributed by atoms with Crippen LogP contribution in [-0.4, -0.2) is 42.4 Å². The third-order valence-electron chi connectivity index (χ3n) is 2.82. The number of carboxylic acids is 1. The second-order valence-electron chi connectivity index (χ2n) is 5.01. The standard InChI is InChI=1S/C12H22N2O4/c1-8(2)6-10(11(15)16)14-12(17)13-7-9-4-3-5-18-9/h8-10H,3-7H2,1-2H3,(H,15,16)(H2,13,14,17)/t9-,10+/m1/s1. The molecule has 0 aromatic heterocycles. The number of carboxylic acid groups (broad SMARTS) is 1. The summed E-state index contributed by atoms with van der Waals surface area (Å²) in [6.07, 6.45) is 2.43. The summed E-state index contributed by atoms with van der Waals surface area (Å²) in [5, 5.41) is 14.1. The Morgan fingerprint density at radius 3 is 2.67 bits per heavy atom. The van der Waals surface area contributed by atoms with Crippen LogP contribution in [0.4, 0.5) is 4.79 Å². The molecule has 104 valence electrons. The Kier molecular flexibility index (Phi) is 5.91. The van der Waals surface area contributed by atoms with E-state index in [0.717, 1.165) is 19.4 Å². The second-order valence-corrected chi connectivity index (χ2v) is 5.01. The average molecular weight is 258 g/mol. The van der Waals surface area contributed by atoms with Gasteiger partial charge in [0.05, 0.1) is 6.10 Å². The number of hydrogen-bond acceptors (Lipinski definition) is 3. The van der Waals surface area contributed by atoms with Crippen LogP contribution in [-0.2, 0) is 9.53 Å². The molecule has 1 saturated heterocycles.